The molecule has 0 aliphatic carbocycles. The number of hydrogen-bond acceptors (Lipinski definition) is 6. The molecule has 0 aromatic rings. The summed E-state index contributed by atoms with van der Waals surface area (Å²) in [5.41, 5.74) is 0. The maximum absolute atomic E-state index is 10.1. The molecule has 0 aromatic carbocycles. The van der Waals surface area contributed by atoms with Crippen LogP contribution in [0.5, 0.6) is 0 Å². The van der Waals surface area contributed by atoms with E-state index in [9.17, 15) is 30.0 Å². The molecule has 0 radical (unpaired) electrons. The summed E-state index contributed by atoms with van der Waals surface area (Å²) < 4.78 is 1.93. The van der Waals surface area contributed by atoms with Crippen molar-refractivity contribution in [2.24, 2.45) is 0 Å². The molecule has 0 spiro atoms. The van der Waals surface area contributed by atoms with Crippen LogP contribution in [0.15, 0.2) is 12.2 Å². The van der Waals surface area contributed by atoms with Gasteiger partial charge in [-0.3, -0.25) is 0 Å². The average molecular weight is 687 g/mol. The normalized spacial score (nSPS) is 13.0. The van der Waals surface area contributed by atoms with Crippen LogP contribution >= 0.6 is 0 Å². The highest BCUT2D eigenvalue weighted by molar-refractivity contribution is 5.87. The molecule has 0 aliphatic heterocycles. The van der Waals surface area contributed by atoms with Gasteiger partial charge in [-0.2, -0.15) is 0 Å². The summed E-state index contributed by atoms with van der Waals surface area (Å²) in [7, 11) is 8.97. The van der Waals surface area contributed by atoms with E-state index >= 15 is 0 Å². The van der Waals surface area contributed by atoms with Crippen molar-refractivity contribution >= 4 is 11.9 Å². The molecule has 288 valence electrons. The zero-order chi connectivity index (χ0) is 37.1. The van der Waals surface area contributed by atoms with Gasteiger partial charge in [-0.1, -0.05) is 143 Å². The van der Waals surface area contributed by atoms with Crippen molar-refractivity contribution in [2.75, 3.05) is 54.4 Å². The van der Waals surface area contributed by atoms with Crippen molar-refractivity contribution in [2.45, 2.75) is 181 Å². The van der Waals surface area contributed by atoms with Gasteiger partial charge < -0.3 is 39.0 Å². The topological polar surface area (TPSA) is 121 Å². The van der Waals surface area contributed by atoms with E-state index in [2.05, 4.69) is 55.9 Å². The quantitative estimate of drug-likeness (QED) is 0.0502. The zero-order valence-electron chi connectivity index (χ0n) is 33.1. The molecule has 0 saturated carbocycles. The first-order valence-corrected chi connectivity index (χ1v) is 19.8. The molecule has 0 bridgehead atoms. The molecule has 0 rings (SSSR count). The number of aliphatic hydroxyl groups is 2. The summed E-state index contributed by atoms with van der Waals surface area (Å²) in [6, 6.07) is 0. The SMILES string of the molecule is CCCCCCCCCCC(O)C[N+](C)(C)CCCC.CCCCCCCCCCC(O)C[N+](C)(C)CCCC.O=C([O-])/C=C\C(=O)[O-]. The number of likely N-dealkylation sites (N-methyl/N-ethyl adjacent to an activating group) is 2. The summed E-state index contributed by atoms with van der Waals surface area (Å²) in [5, 5.41) is 39.1. The highest BCUT2D eigenvalue weighted by atomic mass is 16.4. The van der Waals surface area contributed by atoms with E-state index in [0.717, 1.165) is 34.9 Å². The minimum absolute atomic E-state index is 0.109. The molecular weight excluding hydrogens is 604 g/mol. The first-order valence-electron chi connectivity index (χ1n) is 19.8. The molecule has 0 heterocycles. The third kappa shape index (κ3) is 44.5. The van der Waals surface area contributed by atoms with Crippen LogP contribution in [0.4, 0.5) is 0 Å². The van der Waals surface area contributed by atoms with Crippen LogP contribution < -0.4 is 10.2 Å². The van der Waals surface area contributed by atoms with Gasteiger partial charge in [0.05, 0.1) is 53.2 Å². The first-order chi connectivity index (χ1) is 22.7. The van der Waals surface area contributed by atoms with Crippen LogP contribution in [0, 0.1) is 0 Å². The number of nitrogens with zero attached hydrogens (tertiary/aromatic N) is 2. The van der Waals surface area contributed by atoms with Crippen LogP contribution in [0.25, 0.3) is 0 Å². The highest BCUT2D eigenvalue weighted by Crippen LogP contribution is 2.14. The fraction of sp³-hybridized carbons (Fsp3) is 0.900. The highest BCUT2D eigenvalue weighted by Gasteiger charge is 2.20. The Labute approximate surface area is 298 Å². The van der Waals surface area contributed by atoms with E-state index < -0.39 is 11.9 Å². The molecule has 8 heteroatoms. The summed E-state index contributed by atoms with van der Waals surface area (Å²) in [6.45, 7) is 13.2. The van der Waals surface area contributed by atoms with E-state index in [-0.39, 0.29) is 12.2 Å². The van der Waals surface area contributed by atoms with Gasteiger partial charge in [-0.05, 0) is 37.8 Å². The fourth-order valence-electron chi connectivity index (χ4n) is 5.84. The number of carbonyl (C=O) groups excluding carboxylic acids is 2. The summed E-state index contributed by atoms with van der Waals surface area (Å²) in [6.07, 6.45) is 29.1. The van der Waals surface area contributed by atoms with Gasteiger partial charge in [0.25, 0.3) is 0 Å². The van der Waals surface area contributed by atoms with Crippen LogP contribution in [-0.2, 0) is 9.59 Å². The number of rotatable bonds is 30. The molecule has 48 heavy (non-hydrogen) atoms. The molecule has 0 amide bonds. The lowest BCUT2D eigenvalue weighted by Gasteiger charge is -2.31. The Kier molecular flexibility index (Phi) is 37.5. The molecule has 0 saturated heterocycles. The number of carbonyl (C=O) groups is 2. The van der Waals surface area contributed by atoms with E-state index in [4.69, 9.17) is 0 Å². The van der Waals surface area contributed by atoms with Crippen LogP contribution in [0.2, 0.25) is 0 Å². The molecule has 8 nitrogen and oxygen atoms in total. The summed E-state index contributed by atoms with van der Waals surface area (Å²) in [4.78, 5) is 18.8. The Bertz CT molecular complexity index is 681. The maximum atomic E-state index is 10.1. The third-order valence-corrected chi connectivity index (χ3v) is 8.78. The van der Waals surface area contributed by atoms with E-state index in [1.807, 2.05) is 0 Å². The Morgan fingerprint density at radius 1 is 0.479 bits per heavy atom. The number of carboxylic acid groups (broad SMARTS) is 2. The smallest absolute Gasteiger partial charge is 0.105 e. The lowest BCUT2D eigenvalue weighted by Crippen LogP contribution is -2.45. The monoisotopic (exact) mass is 687 g/mol. The van der Waals surface area contributed by atoms with E-state index in [1.54, 1.807) is 0 Å². The second kappa shape index (κ2) is 35.3. The maximum Gasteiger partial charge on any atom is 0.105 e. The van der Waals surface area contributed by atoms with Gasteiger partial charge >= 0.3 is 0 Å². The Hall–Kier alpha value is -1.48. The van der Waals surface area contributed by atoms with Gasteiger partial charge in [0.2, 0.25) is 0 Å². The minimum Gasteiger partial charge on any atom is -0.545 e. The van der Waals surface area contributed by atoms with Gasteiger partial charge in [0, 0.05) is 0 Å². The van der Waals surface area contributed by atoms with Crippen LogP contribution in [0.3, 0.4) is 0 Å². The second-order valence-electron chi connectivity index (χ2n) is 15.2. The number of hydrogen-bond donors (Lipinski definition) is 2. The van der Waals surface area contributed by atoms with Crippen molar-refractivity contribution < 1.29 is 39.0 Å². The molecule has 0 aromatic heterocycles. The predicted molar refractivity (Wildman–Crippen MR) is 199 cm³/mol. The molecule has 2 atom stereocenters. The van der Waals surface area contributed by atoms with Crippen LogP contribution in [0.1, 0.15) is 169 Å². The number of carboxylic acids is 2. The van der Waals surface area contributed by atoms with Gasteiger partial charge in [-0.25, -0.2) is 0 Å². The second-order valence-corrected chi connectivity index (χ2v) is 15.2. The number of aliphatic hydroxyl groups excluding tert-OH is 2. The van der Waals surface area contributed by atoms with Crippen molar-refractivity contribution in [1.82, 2.24) is 0 Å². The van der Waals surface area contributed by atoms with Crippen molar-refractivity contribution in [3.8, 4) is 0 Å². The van der Waals surface area contributed by atoms with E-state index in [1.165, 1.54) is 142 Å². The molecular formula is C40H82N2O6. The van der Waals surface area contributed by atoms with Gasteiger partial charge in [0.15, 0.2) is 0 Å². The predicted octanol–water partition coefficient (Wildman–Crippen LogP) is 6.55. The summed E-state index contributed by atoms with van der Waals surface area (Å²) in [5.74, 6) is -3.09. The number of unbranched alkanes of at least 4 members (excludes halogenated alkanes) is 16. The number of aliphatic carboxylic acids is 2. The van der Waals surface area contributed by atoms with Crippen LogP contribution in [-0.4, -0.2) is 97.7 Å². The Balaban J connectivity index is -0.000000689. The summed E-state index contributed by atoms with van der Waals surface area (Å²) >= 11 is 0. The van der Waals surface area contributed by atoms with Gasteiger partial charge in [0.1, 0.15) is 25.3 Å². The fourth-order valence-corrected chi connectivity index (χ4v) is 5.84. The minimum atomic E-state index is -1.55. The zero-order valence-corrected chi connectivity index (χ0v) is 33.1. The molecule has 0 fully saturated rings. The third-order valence-electron chi connectivity index (χ3n) is 8.78. The molecule has 2 unspecified atom stereocenters. The molecule has 0 aliphatic rings. The average Bonchev–Trinajstić information content (AvgIpc) is 3.01. The largest absolute Gasteiger partial charge is 0.545 e. The lowest BCUT2D eigenvalue weighted by molar-refractivity contribution is -0.893. The van der Waals surface area contributed by atoms with Crippen molar-refractivity contribution in [1.29, 1.82) is 0 Å². The van der Waals surface area contributed by atoms with Crippen molar-refractivity contribution in [3.05, 3.63) is 12.2 Å². The molecule has 2 N–H and O–H groups in total. The van der Waals surface area contributed by atoms with E-state index in [0.29, 0.717) is 12.2 Å². The number of quaternary nitrogens is 2. The Morgan fingerprint density at radius 2 is 0.729 bits per heavy atom. The van der Waals surface area contributed by atoms with Crippen molar-refractivity contribution in [3.63, 3.8) is 0 Å². The van der Waals surface area contributed by atoms with Gasteiger partial charge in [-0.15, -0.1) is 0 Å². The standard InChI is InChI=1S/2C18H40NO.C4H4O4/c2*1-5-7-9-10-11-12-13-14-15-18(20)17-19(3,4)16-8-6-2;5-3(6)1-2-4(7)8/h2*18,20H,5-17H2,1-4H3;1-2H,(H,5,6)(H,7,8)/q2*+1;/p-2/b;;2-1-. The lowest BCUT2D eigenvalue weighted by atomic mass is 10.1. The first kappa shape index (κ1) is 50.9. The Morgan fingerprint density at radius 3 is 0.979 bits per heavy atom.